The number of H-pyrrole nitrogens is 1. The number of aromatic nitrogens is 2. The molecule has 0 amide bonds. The Kier molecular flexibility index (Phi) is 4.24. The Morgan fingerprint density at radius 2 is 2.10 bits per heavy atom. The normalized spacial score (nSPS) is 10.8. The smallest absolute Gasteiger partial charge is 0.254 e. The minimum absolute atomic E-state index is 0.0710. The van der Waals surface area contributed by atoms with Crippen molar-refractivity contribution in [2.45, 2.75) is 19.8 Å². The van der Waals surface area contributed by atoms with Crippen molar-refractivity contribution in [3.05, 3.63) is 62.8 Å². The van der Waals surface area contributed by atoms with Crippen LogP contribution in [0.3, 0.4) is 0 Å². The Bertz CT molecular complexity index is 683. The van der Waals surface area contributed by atoms with E-state index in [2.05, 4.69) is 9.97 Å². The molecule has 2 aromatic rings. The number of benzene rings is 1. The molecule has 4 nitrogen and oxygen atoms in total. The Balaban J connectivity index is 2.33. The zero-order valence-electron chi connectivity index (χ0n) is 10.9. The van der Waals surface area contributed by atoms with Gasteiger partial charge in [-0.05, 0) is 18.6 Å². The molecule has 20 heavy (non-hydrogen) atoms. The predicted octanol–water partition coefficient (Wildman–Crippen LogP) is 1.48. The molecule has 1 aromatic carbocycles. The summed E-state index contributed by atoms with van der Waals surface area (Å²) in [5.74, 6) is -1.02. The maximum absolute atomic E-state index is 13.5. The highest BCUT2D eigenvalue weighted by Crippen LogP contribution is 2.12. The van der Waals surface area contributed by atoms with Gasteiger partial charge in [-0.2, -0.15) is 0 Å². The molecule has 0 aliphatic heterocycles. The molecule has 0 unspecified atom stereocenters. The van der Waals surface area contributed by atoms with Crippen LogP contribution in [0, 0.1) is 18.6 Å². The van der Waals surface area contributed by atoms with E-state index >= 15 is 0 Å². The third-order valence-electron chi connectivity index (χ3n) is 3.01. The first kappa shape index (κ1) is 14.3. The minimum atomic E-state index is -0.676. The number of aromatic amines is 1. The molecule has 0 atom stereocenters. The Morgan fingerprint density at radius 1 is 1.35 bits per heavy atom. The molecule has 6 heteroatoms. The quantitative estimate of drug-likeness (QED) is 0.891. The van der Waals surface area contributed by atoms with Crippen LogP contribution in [0.1, 0.15) is 22.6 Å². The standard InChI is InChI=1S/C14H14F2N2O2/c1-8-11(4-5-19)14(20)18-13(17-8)6-9-2-3-10(15)7-12(9)16/h2-3,7,19H,4-6H2,1H3,(H,17,18,20). The molecule has 0 bridgehead atoms. The molecule has 0 radical (unpaired) electrons. The van der Waals surface area contributed by atoms with E-state index in [1.165, 1.54) is 6.07 Å². The fourth-order valence-corrected chi connectivity index (χ4v) is 2.00. The summed E-state index contributed by atoms with van der Waals surface area (Å²) in [4.78, 5) is 18.6. The third kappa shape index (κ3) is 3.08. The summed E-state index contributed by atoms with van der Waals surface area (Å²) >= 11 is 0. The number of hydrogen-bond donors (Lipinski definition) is 2. The summed E-state index contributed by atoms with van der Waals surface area (Å²) in [5, 5.41) is 8.87. The van der Waals surface area contributed by atoms with Crippen molar-refractivity contribution in [2.24, 2.45) is 0 Å². The van der Waals surface area contributed by atoms with Gasteiger partial charge < -0.3 is 10.1 Å². The molecular weight excluding hydrogens is 266 g/mol. The molecule has 2 N–H and O–H groups in total. The average molecular weight is 280 g/mol. The van der Waals surface area contributed by atoms with Crippen molar-refractivity contribution in [3.63, 3.8) is 0 Å². The molecular formula is C14H14F2N2O2. The van der Waals surface area contributed by atoms with Gasteiger partial charge in [-0.1, -0.05) is 6.07 Å². The second kappa shape index (κ2) is 5.92. The van der Waals surface area contributed by atoms with E-state index in [1.54, 1.807) is 6.92 Å². The number of hydrogen-bond acceptors (Lipinski definition) is 3. The van der Waals surface area contributed by atoms with Gasteiger partial charge in [0, 0.05) is 36.8 Å². The molecule has 0 fully saturated rings. The fraction of sp³-hybridized carbons (Fsp3) is 0.286. The van der Waals surface area contributed by atoms with E-state index < -0.39 is 11.6 Å². The number of halogens is 2. The van der Waals surface area contributed by atoms with Crippen LogP contribution in [0.5, 0.6) is 0 Å². The van der Waals surface area contributed by atoms with Gasteiger partial charge in [0.2, 0.25) is 0 Å². The second-order valence-corrected chi connectivity index (χ2v) is 4.46. The van der Waals surface area contributed by atoms with Gasteiger partial charge in [-0.3, -0.25) is 4.79 Å². The first-order valence-corrected chi connectivity index (χ1v) is 6.14. The lowest BCUT2D eigenvalue weighted by Gasteiger charge is -2.07. The summed E-state index contributed by atoms with van der Waals surface area (Å²) in [5.41, 5.74) is 0.823. The number of aliphatic hydroxyl groups is 1. The molecule has 0 saturated heterocycles. The number of aliphatic hydroxyl groups excluding tert-OH is 1. The van der Waals surface area contributed by atoms with Crippen molar-refractivity contribution in [1.82, 2.24) is 9.97 Å². The highest BCUT2D eigenvalue weighted by molar-refractivity contribution is 5.24. The van der Waals surface area contributed by atoms with Gasteiger partial charge in [0.05, 0.1) is 0 Å². The van der Waals surface area contributed by atoms with Crippen molar-refractivity contribution in [1.29, 1.82) is 0 Å². The van der Waals surface area contributed by atoms with Crippen molar-refractivity contribution < 1.29 is 13.9 Å². The van der Waals surface area contributed by atoms with Gasteiger partial charge in [-0.25, -0.2) is 13.8 Å². The molecule has 0 spiro atoms. The summed E-state index contributed by atoms with van der Waals surface area (Å²) in [6, 6.07) is 3.27. The zero-order valence-corrected chi connectivity index (χ0v) is 10.9. The topological polar surface area (TPSA) is 66.0 Å². The van der Waals surface area contributed by atoms with E-state index in [9.17, 15) is 13.6 Å². The van der Waals surface area contributed by atoms with Crippen LogP contribution in [0.15, 0.2) is 23.0 Å². The summed E-state index contributed by atoms with van der Waals surface area (Å²) in [6.45, 7) is 1.52. The van der Waals surface area contributed by atoms with Gasteiger partial charge in [-0.15, -0.1) is 0 Å². The molecule has 2 rings (SSSR count). The summed E-state index contributed by atoms with van der Waals surface area (Å²) in [7, 11) is 0. The first-order valence-electron chi connectivity index (χ1n) is 6.14. The van der Waals surface area contributed by atoms with Gasteiger partial charge in [0.1, 0.15) is 17.5 Å². The van der Waals surface area contributed by atoms with Gasteiger partial charge in [0.15, 0.2) is 0 Å². The maximum atomic E-state index is 13.5. The Labute approximate surface area is 114 Å². The van der Waals surface area contributed by atoms with Crippen molar-refractivity contribution in [2.75, 3.05) is 6.61 Å². The van der Waals surface area contributed by atoms with Gasteiger partial charge >= 0.3 is 0 Å². The summed E-state index contributed by atoms with van der Waals surface area (Å²) in [6.07, 6.45) is 0.293. The summed E-state index contributed by atoms with van der Waals surface area (Å²) < 4.78 is 26.4. The molecule has 1 aromatic heterocycles. The Morgan fingerprint density at radius 3 is 2.70 bits per heavy atom. The zero-order chi connectivity index (χ0) is 14.7. The van der Waals surface area contributed by atoms with Crippen LogP contribution in [-0.2, 0) is 12.8 Å². The van der Waals surface area contributed by atoms with Crippen molar-refractivity contribution >= 4 is 0 Å². The molecule has 0 saturated carbocycles. The SMILES string of the molecule is Cc1nc(Cc2ccc(F)cc2F)[nH]c(=O)c1CCO. The lowest BCUT2D eigenvalue weighted by atomic mass is 10.1. The van der Waals surface area contributed by atoms with Crippen LogP contribution in [0.2, 0.25) is 0 Å². The lowest BCUT2D eigenvalue weighted by molar-refractivity contribution is 0.298. The Hall–Kier alpha value is -2.08. The highest BCUT2D eigenvalue weighted by atomic mass is 19.1. The molecule has 106 valence electrons. The van der Waals surface area contributed by atoms with E-state index in [0.29, 0.717) is 17.1 Å². The molecule has 1 heterocycles. The van der Waals surface area contributed by atoms with Crippen molar-refractivity contribution in [3.8, 4) is 0 Å². The maximum Gasteiger partial charge on any atom is 0.254 e. The lowest BCUT2D eigenvalue weighted by Crippen LogP contribution is -2.20. The van der Waals surface area contributed by atoms with E-state index in [1.807, 2.05) is 0 Å². The highest BCUT2D eigenvalue weighted by Gasteiger charge is 2.10. The van der Waals surface area contributed by atoms with E-state index in [0.717, 1.165) is 12.1 Å². The average Bonchev–Trinajstić information content (AvgIpc) is 2.37. The second-order valence-electron chi connectivity index (χ2n) is 4.46. The first-order chi connectivity index (χ1) is 9.51. The van der Waals surface area contributed by atoms with Crippen LogP contribution < -0.4 is 5.56 Å². The number of aryl methyl sites for hydroxylation is 1. The van der Waals surface area contributed by atoms with Gasteiger partial charge in [0.25, 0.3) is 5.56 Å². The molecule has 0 aliphatic carbocycles. The van der Waals surface area contributed by atoms with Crippen LogP contribution in [0.25, 0.3) is 0 Å². The number of rotatable bonds is 4. The fourth-order valence-electron chi connectivity index (χ4n) is 2.00. The van der Waals surface area contributed by atoms with Crippen LogP contribution >= 0.6 is 0 Å². The number of nitrogens with zero attached hydrogens (tertiary/aromatic N) is 1. The van der Waals surface area contributed by atoms with E-state index in [-0.39, 0.29) is 30.6 Å². The number of nitrogens with one attached hydrogen (secondary N) is 1. The van der Waals surface area contributed by atoms with Crippen LogP contribution in [-0.4, -0.2) is 21.7 Å². The third-order valence-corrected chi connectivity index (χ3v) is 3.01. The largest absolute Gasteiger partial charge is 0.396 e. The van der Waals surface area contributed by atoms with Crippen LogP contribution in [0.4, 0.5) is 8.78 Å². The molecule has 0 aliphatic rings. The predicted molar refractivity (Wildman–Crippen MR) is 69.5 cm³/mol. The van der Waals surface area contributed by atoms with E-state index in [4.69, 9.17) is 5.11 Å². The monoisotopic (exact) mass is 280 g/mol. The minimum Gasteiger partial charge on any atom is -0.396 e.